The Kier molecular flexibility index (Phi) is 3.07. The Balaban J connectivity index is 1.60. The predicted molar refractivity (Wildman–Crippen MR) is 82.4 cm³/mol. The van der Waals surface area contributed by atoms with Crippen molar-refractivity contribution in [2.24, 2.45) is 0 Å². The van der Waals surface area contributed by atoms with Crippen LogP contribution in [0.25, 0.3) is 4.96 Å². The molecule has 4 rings (SSSR count). The lowest BCUT2D eigenvalue weighted by atomic mass is 10.1. The van der Waals surface area contributed by atoms with Gasteiger partial charge in [-0.1, -0.05) is 11.3 Å². The average molecular weight is 318 g/mol. The summed E-state index contributed by atoms with van der Waals surface area (Å²) in [4.78, 5) is 22.3. The molecule has 0 amide bonds. The van der Waals surface area contributed by atoms with Crippen LogP contribution in [0.2, 0.25) is 0 Å². The molecule has 1 saturated heterocycles. The smallest absolute Gasteiger partial charge is 0.358 e. The van der Waals surface area contributed by atoms with Gasteiger partial charge in [-0.15, -0.1) is 0 Å². The Hall–Kier alpha value is -2.42. The number of hydrogen-bond acceptors (Lipinski definition) is 6. The normalized spacial score (nSPS) is 16.5. The third-order valence-corrected chi connectivity index (χ3v) is 4.86. The van der Waals surface area contributed by atoms with Gasteiger partial charge in [0.1, 0.15) is 6.20 Å². The van der Waals surface area contributed by atoms with E-state index in [9.17, 15) is 10.1 Å². The molecule has 22 heavy (non-hydrogen) atoms. The lowest BCUT2D eigenvalue weighted by molar-refractivity contribution is -0.389. The van der Waals surface area contributed by atoms with E-state index < -0.39 is 0 Å². The summed E-state index contributed by atoms with van der Waals surface area (Å²) in [6.07, 6.45) is 9.13. The Morgan fingerprint density at radius 2 is 2.14 bits per heavy atom. The molecule has 0 N–H and O–H groups in total. The first-order chi connectivity index (χ1) is 10.7. The fourth-order valence-electron chi connectivity index (χ4n) is 3.01. The van der Waals surface area contributed by atoms with Gasteiger partial charge in [-0.05, 0) is 17.8 Å². The molecule has 9 heteroatoms. The first-order valence-corrected chi connectivity index (χ1v) is 7.94. The van der Waals surface area contributed by atoms with Crippen LogP contribution in [0.1, 0.15) is 18.9 Å². The molecule has 0 unspecified atom stereocenters. The molecular formula is C13H14N6O2S. The van der Waals surface area contributed by atoms with Gasteiger partial charge >= 0.3 is 5.82 Å². The number of piperidine rings is 1. The summed E-state index contributed by atoms with van der Waals surface area (Å²) in [5.74, 6) is 0.554. The van der Waals surface area contributed by atoms with E-state index in [0.717, 1.165) is 25.9 Å². The molecule has 1 aliphatic rings. The number of fused-ring (bicyclic) bond motifs is 1. The van der Waals surface area contributed by atoms with Gasteiger partial charge in [0.25, 0.3) is 4.96 Å². The number of rotatable bonds is 3. The highest BCUT2D eigenvalue weighted by molar-refractivity contribution is 7.15. The first-order valence-electron chi connectivity index (χ1n) is 7.06. The van der Waals surface area contributed by atoms with Crippen molar-refractivity contribution in [1.82, 2.24) is 18.9 Å². The monoisotopic (exact) mass is 318 g/mol. The van der Waals surface area contributed by atoms with E-state index in [2.05, 4.69) is 14.5 Å². The van der Waals surface area contributed by atoms with E-state index in [0.29, 0.717) is 16.8 Å². The molecule has 3 aromatic rings. The molecule has 1 aliphatic heterocycles. The summed E-state index contributed by atoms with van der Waals surface area (Å²) < 4.78 is 3.67. The van der Waals surface area contributed by atoms with Gasteiger partial charge in [-0.25, -0.2) is 4.98 Å². The fourth-order valence-corrected chi connectivity index (χ4v) is 3.71. The number of hydrogen-bond donors (Lipinski definition) is 0. The van der Waals surface area contributed by atoms with Crippen LogP contribution in [-0.4, -0.2) is 36.9 Å². The Morgan fingerprint density at radius 1 is 1.32 bits per heavy atom. The number of nitro groups is 1. The molecule has 0 aromatic carbocycles. The summed E-state index contributed by atoms with van der Waals surface area (Å²) >= 11 is 1.41. The van der Waals surface area contributed by atoms with Gasteiger partial charge in [0.05, 0.1) is 6.33 Å². The Bertz CT molecular complexity index is 800. The molecule has 3 aromatic heterocycles. The second-order valence-electron chi connectivity index (χ2n) is 5.30. The average Bonchev–Trinajstić information content (AvgIpc) is 3.23. The van der Waals surface area contributed by atoms with Crippen molar-refractivity contribution in [2.45, 2.75) is 18.9 Å². The molecule has 0 radical (unpaired) electrons. The molecule has 0 saturated carbocycles. The molecule has 0 bridgehead atoms. The second kappa shape index (κ2) is 5.09. The van der Waals surface area contributed by atoms with Crippen molar-refractivity contribution >= 4 is 27.9 Å². The van der Waals surface area contributed by atoms with E-state index in [4.69, 9.17) is 0 Å². The molecule has 8 nitrogen and oxygen atoms in total. The molecule has 0 atom stereocenters. The highest BCUT2D eigenvalue weighted by Crippen LogP contribution is 2.34. The third kappa shape index (κ3) is 2.05. The SMILES string of the molecule is O=[N+]([O-])c1c(N2CCC(n3ccnc3)CC2)nc2sccn12. The minimum atomic E-state index is -0.343. The van der Waals surface area contributed by atoms with Crippen LogP contribution in [0, 0.1) is 10.1 Å². The molecule has 0 spiro atoms. The first kappa shape index (κ1) is 13.3. The number of anilines is 1. The molecule has 1 fully saturated rings. The fraction of sp³-hybridized carbons (Fsp3) is 0.385. The van der Waals surface area contributed by atoms with Crippen LogP contribution < -0.4 is 4.90 Å². The van der Waals surface area contributed by atoms with Crippen LogP contribution in [-0.2, 0) is 0 Å². The lowest BCUT2D eigenvalue weighted by Gasteiger charge is -2.32. The van der Waals surface area contributed by atoms with Gasteiger partial charge in [0.2, 0.25) is 5.82 Å². The predicted octanol–water partition coefficient (Wildman–Crippen LogP) is 2.34. The maximum absolute atomic E-state index is 11.4. The summed E-state index contributed by atoms with van der Waals surface area (Å²) in [5.41, 5.74) is 0. The van der Waals surface area contributed by atoms with E-state index in [1.165, 1.54) is 11.3 Å². The summed E-state index contributed by atoms with van der Waals surface area (Å²) in [6, 6.07) is 0.404. The highest BCUT2D eigenvalue weighted by Gasteiger charge is 2.30. The summed E-state index contributed by atoms with van der Waals surface area (Å²) in [5, 5.41) is 13.2. The van der Waals surface area contributed by atoms with Gasteiger partial charge in [-0.2, -0.15) is 9.38 Å². The lowest BCUT2D eigenvalue weighted by Crippen LogP contribution is -2.35. The number of thiazole rings is 1. The zero-order chi connectivity index (χ0) is 15.1. The largest absolute Gasteiger partial charge is 0.373 e. The highest BCUT2D eigenvalue weighted by atomic mass is 32.1. The van der Waals surface area contributed by atoms with Crippen molar-refractivity contribution in [2.75, 3.05) is 18.0 Å². The summed E-state index contributed by atoms with van der Waals surface area (Å²) in [6.45, 7) is 1.52. The number of imidazole rings is 2. The van der Waals surface area contributed by atoms with Gasteiger partial charge in [-0.3, -0.25) is 0 Å². The van der Waals surface area contributed by atoms with Crippen molar-refractivity contribution in [3.8, 4) is 0 Å². The van der Waals surface area contributed by atoms with E-state index in [1.54, 1.807) is 16.8 Å². The molecule has 0 aliphatic carbocycles. The van der Waals surface area contributed by atoms with Gasteiger partial charge in [0.15, 0.2) is 0 Å². The van der Waals surface area contributed by atoms with Crippen molar-refractivity contribution in [3.05, 3.63) is 40.4 Å². The number of nitrogens with zero attached hydrogens (tertiary/aromatic N) is 6. The van der Waals surface area contributed by atoms with Gasteiger partial charge in [0, 0.05) is 36.9 Å². The molecule has 114 valence electrons. The summed E-state index contributed by atoms with van der Waals surface area (Å²) in [7, 11) is 0. The Morgan fingerprint density at radius 3 is 2.82 bits per heavy atom. The van der Waals surface area contributed by atoms with Crippen LogP contribution in [0.4, 0.5) is 11.6 Å². The van der Waals surface area contributed by atoms with E-state index in [-0.39, 0.29) is 10.7 Å². The molecule has 4 heterocycles. The topological polar surface area (TPSA) is 81.5 Å². The maximum atomic E-state index is 11.4. The minimum absolute atomic E-state index is 0.0670. The van der Waals surface area contributed by atoms with Crippen LogP contribution >= 0.6 is 11.3 Å². The van der Waals surface area contributed by atoms with Crippen molar-refractivity contribution in [1.29, 1.82) is 0 Å². The zero-order valence-electron chi connectivity index (χ0n) is 11.7. The Labute approximate surface area is 129 Å². The van der Waals surface area contributed by atoms with E-state index >= 15 is 0 Å². The van der Waals surface area contributed by atoms with Gasteiger partial charge < -0.3 is 19.6 Å². The standard InChI is InChI=1S/C13H14N6O2S/c20-19(21)12-11(15-13-18(12)7-8-22-13)16-4-1-10(2-5-16)17-6-3-14-9-17/h3,6-10H,1-2,4-5H2. The third-order valence-electron chi connectivity index (χ3n) is 4.10. The number of aromatic nitrogens is 4. The minimum Gasteiger partial charge on any atom is -0.358 e. The van der Waals surface area contributed by atoms with Crippen molar-refractivity contribution in [3.63, 3.8) is 0 Å². The van der Waals surface area contributed by atoms with Crippen LogP contribution in [0.5, 0.6) is 0 Å². The van der Waals surface area contributed by atoms with Crippen LogP contribution in [0.15, 0.2) is 30.3 Å². The van der Waals surface area contributed by atoms with Crippen molar-refractivity contribution < 1.29 is 4.92 Å². The maximum Gasteiger partial charge on any atom is 0.373 e. The van der Waals surface area contributed by atoms with Crippen LogP contribution in [0.3, 0.4) is 0 Å². The zero-order valence-corrected chi connectivity index (χ0v) is 12.5. The van der Waals surface area contributed by atoms with E-state index in [1.807, 2.05) is 22.8 Å². The quantitative estimate of drug-likeness (QED) is 0.547. The second-order valence-corrected chi connectivity index (χ2v) is 6.17. The molecular weight excluding hydrogens is 304 g/mol.